The Morgan fingerprint density at radius 3 is 1.21 bits per heavy atom. The van der Waals surface area contributed by atoms with E-state index in [1.165, 1.54) is 27.7 Å². The van der Waals surface area contributed by atoms with Crippen LogP contribution in [0.4, 0.5) is 0 Å². The molecule has 0 heterocycles. The van der Waals surface area contributed by atoms with Crippen LogP contribution in [0.2, 0.25) is 0 Å². The van der Waals surface area contributed by atoms with Crippen molar-refractivity contribution in [1.82, 2.24) is 0 Å². The molecule has 0 aliphatic heterocycles. The number of carbonyl (C=O) groups excluding carboxylic acids is 2. The number of benzene rings is 2. The summed E-state index contributed by atoms with van der Waals surface area (Å²) in [6.45, 7) is 8.43. The number of rotatable bonds is 14. The van der Waals surface area contributed by atoms with Gasteiger partial charge in [-0.05, 0) is 38.8 Å². The second kappa shape index (κ2) is 12.2. The second-order valence-corrected chi connectivity index (χ2v) is 8.89. The Morgan fingerprint density at radius 1 is 0.606 bits per heavy atom. The van der Waals surface area contributed by atoms with Gasteiger partial charge < -0.3 is 24.4 Å². The first kappa shape index (κ1) is 26.8. The van der Waals surface area contributed by atoms with Crippen molar-refractivity contribution in [2.24, 2.45) is 0 Å². The highest BCUT2D eigenvalue weighted by Gasteiger charge is 2.25. The van der Waals surface area contributed by atoms with Crippen LogP contribution < -0.4 is 0 Å². The van der Waals surface area contributed by atoms with Crippen LogP contribution in [0, 0.1) is 0 Å². The summed E-state index contributed by atoms with van der Waals surface area (Å²) in [5.74, 6) is -0.633. The van der Waals surface area contributed by atoms with Gasteiger partial charge in [0, 0.05) is 11.1 Å². The fourth-order valence-electron chi connectivity index (χ4n) is 2.93. The highest BCUT2D eigenvalue weighted by Crippen LogP contribution is 2.15. The lowest BCUT2D eigenvalue weighted by atomic mass is 9.96. The summed E-state index contributed by atoms with van der Waals surface area (Å²) in [6, 6.07) is 14.0. The Kier molecular flexibility index (Phi) is 9.88. The van der Waals surface area contributed by atoms with Crippen LogP contribution in [-0.4, -0.2) is 59.4 Å². The van der Waals surface area contributed by atoms with Crippen LogP contribution in [0.1, 0.15) is 59.5 Å². The molecule has 0 aromatic heterocycles. The Bertz CT molecular complexity index is 813. The summed E-state index contributed by atoms with van der Waals surface area (Å²) in [5, 5.41) is 19.6. The van der Waals surface area contributed by atoms with Gasteiger partial charge >= 0.3 is 0 Å². The second-order valence-electron chi connectivity index (χ2n) is 8.89. The minimum Gasteiger partial charge on any atom is -0.382 e. The topological polar surface area (TPSA) is 102 Å². The molecular formula is C26H34O7. The molecule has 2 N–H and O–H groups in total. The normalized spacial score (nSPS) is 12.1. The molecule has 7 heteroatoms. The molecule has 0 spiro atoms. The van der Waals surface area contributed by atoms with Gasteiger partial charge in [0.2, 0.25) is 0 Å². The monoisotopic (exact) mass is 458 g/mol. The minimum atomic E-state index is -1.39. The molecule has 33 heavy (non-hydrogen) atoms. The van der Waals surface area contributed by atoms with Crippen LogP contribution in [0.3, 0.4) is 0 Å². The first-order valence-electron chi connectivity index (χ1n) is 10.9. The average Bonchev–Trinajstić information content (AvgIpc) is 2.76. The lowest BCUT2D eigenvalue weighted by Gasteiger charge is -2.15. The van der Waals surface area contributed by atoms with Gasteiger partial charge in [-0.3, -0.25) is 9.59 Å². The summed E-state index contributed by atoms with van der Waals surface area (Å²) in [6.07, 6.45) is 0. The fourth-order valence-corrected chi connectivity index (χ4v) is 2.93. The van der Waals surface area contributed by atoms with Crippen LogP contribution in [0.15, 0.2) is 48.5 Å². The summed E-state index contributed by atoms with van der Waals surface area (Å²) in [7, 11) is 0. The Hall–Kier alpha value is -2.42. The molecule has 0 aliphatic rings. The minimum absolute atomic E-state index is 0.316. The molecule has 0 amide bonds. The molecular weight excluding hydrogens is 424 g/mol. The first-order chi connectivity index (χ1) is 15.5. The SMILES string of the molecule is CC(C)(O)C(=O)c1ccc(COCCOCCOCc2ccc(C(=O)C(C)(C)O)cc2)cc1. The molecule has 0 saturated heterocycles. The molecule has 0 saturated carbocycles. The van der Waals surface area contributed by atoms with Crippen molar-refractivity contribution in [2.75, 3.05) is 26.4 Å². The van der Waals surface area contributed by atoms with Crippen LogP contribution in [0.25, 0.3) is 0 Å². The zero-order chi connectivity index (χ0) is 24.5. The van der Waals surface area contributed by atoms with Crippen LogP contribution in [0.5, 0.6) is 0 Å². The number of hydrogen-bond acceptors (Lipinski definition) is 7. The first-order valence-corrected chi connectivity index (χ1v) is 10.9. The largest absolute Gasteiger partial charge is 0.382 e. The molecule has 7 nitrogen and oxygen atoms in total. The number of aliphatic hydroxyl groups is 2. The summed E-state index contributed by atoms with van der Waals surface area (Å²) < 4.78 is 16.6. The quantitative estimate of drug-likeness (QED) is 0.331. The van der Waals surface area contributed by atoms with E-state index in [1.54, 1.807) is 48.5 Å². The molecule has 2 aromatic rings. The van der Waals surface area contributed by atoms with Crippen LogP contribution in [-0.2, 0) is 27.4 Å². The van der Waals surface area contributed by atoms with Gasteiger partial charge in [0.25, 0.3) is 0 Å². The molecule has 180 valence electrons. The standard InChI is InChI=1S/C26H34O7/c1-25(2,29)23(27)21-9-5-19(6-10-21)17-32-15-13-31-14-16-33-18-20-7-11-22(12-8-20)24(28)26(3,4)30/h5-12,29-30H,13-18H2,1-4H3. The van der Waals surface area contributed by atoms with Gasteiger partial charge in [-0.2, -0.15) is 0 Å². The van der Waals surface area contributed by atoms with Gasteiger partial charge in [-0.1, -0.05) is 48.5 Å². The fraction of sp³-hybridized carbons (Fsp3) is 0.462. The molecule has 0 radical (unpaired) electrons. The third-order valence-corrected chi connectivity index (χ3v) is 4.83. The molecule has 0 atom stereocenters. The number of Topliss-reactive ketones (excluding diaryl/α,β-unsaturated/α-hetero) is 2. The van der Waals surface area contributed by atoms with Crippen molar-refractivity contribution in [2.45, 2.75) is 52.1 Å². The van der Waals surface area contributed by atoms with Gasteiger partial charge in [0.05, 0.1) is 39.6 Å². The van der Waals surface area contributed by atoms with Crippen molar-refractivity contribution in [3.8, 4) is 0 Å². The number of ether oxygens (including phenoxy) is 3. The number of hydrogen-bond donors (Lipinski definition) is 2. The predicted molar refractivity (Wildman–Crippen MR) is 124 cm³/mol. The van der Waals surface area contributed by atoms with E-state index in [-0.39, 0.29) is 11.6 Å². The maximum absolute atomic E-state index is 12.0. The molecule has 2 aromatic carbocycles. The van der Waals surface area contributed by atoms with Crippen molar-refractivity contribution in [3.05, 3.63) is 70.8 Å². The van der Waals surface area contributed by atoms with E-state index in [4.69, 9.17) is 14.2 Å². The molecule has 0 fully saturated rings. The number of ketones is 2. The molecule has 2 rings (SSSR count). The summed E-state index contributed by atoms with van der Waals surface area (Å²) in [5.41, 5.74) is 0.0205. The van der Waals surface area contributed by atoms with Crippen molar-refractivity contribution in [3.63, 3.8) is 0 Å². The van der Waals surface area contributed by atoms with E-state index in [0.717, 1.165) is 11.1 Å². The van der Waals surface area contributed by atoms with Crippen molar-refractivity contribution in [1.29, 1.82) is 0 Å². The molecule has 0 bridgehead atoms. The summed E-state index contributed by atoms with van der Waals surface area (Å²) >= 11 is 0. The van der Waals surface area contributed by atoms with E-state index >= 15 is 0 Å². The predicted octanol–water partition coefficient (Wildman–Crippen LogP) is 3.34. The van der Waals surface area contributed by atoms with Gasteiger partial charge in [-0.15, -0.1) is 0 Å². The lowest BCUT2D eigenvalue weighted by molar-refractivity contribution is 0.00703. The Labute approximate surface area is 195 Å². The molecule has 0 unspecified atom stereocenters. The molecule has 0 aliphatic carbocycles. The van der Waals surface area contributed by atoms with E-state index in [9.17, 15) is 19.8 Å². The highest BCUT2D eigenvalue weighted by atomic mass is 16.5. The van der Waals surface area contributed by atoms with Crippen molar-refractivity contribution < 1.29 is 34.0 Å². The maximum atomic E-state index is 12.0. The maximum Gasteiger partial charge on any atom is 0.193 e. The van der Waals surface area contributed by atoms with Crippen molar-refractivity contribution >= 4 is 11.6 Å². The Balaban J connectivity index is 1.55. The third-order valence-electron chi connectivity index (χ3n) is 4.83. The third kappa shape index (κ3) is 9.15. The zero-order valence-electron chi connectivity index (χ0n) is 19.8. The van der Waals surface area contributed by atoms with E-state index < -0.39 is 11.2 Å². The highest BCUT2D eigenvalue weighted by molar-refractivity contribution is 6.02. The summed E-state index contributed by atoms with van der Waals surface area (Å²) in [4.78, 5) is 24.0. The average molecular weight is 459 g/mol. The van der Waals surface area contributed by atoms with E-state index in [2.05, 4.69) is 0 Å². The van der Waals surface area contributed by atoms with Gasteiger partial charge in [-0.25, -0.2) is 0 Å². The smallest absolute Gasteiger partial charge is 0.193 e. The zero-order valence-corrected chi connectivity index (χ0v) is 19.8. The van der Waals surface area contributed by atoms with Gasteiger partial charge in [0.1, 0.15) is 11.2 Å². The van der Waals surface area contributed by atoms with E-state index in [0.29, 0.717) is 50.8 Å². The van der Waals surface area contributed by atoms with Gasteiger partial charge in [0.15, 0.2) is 11.6 Å². The number of carbonyl (C=O) groups is 2. The Morgan fingerprint density at radius 2 is 0.909 bits per heavy atom. The van der Waals surface area contributed by atoms with E-state index in [1.807, 2.05) is 0 Å². The van der Waals surface area contributed by atoms with Crippen LogP contribution >= 0.6 is 0 Å². The lowest BCUT2D eigenvalue weighted by Crippen LogP contribution is -2.31.